The average molecular weight is 313 g/mol. The Bertz CT molecular complexity index is 646. The number of likely N-dealkylation sites (tertiary alicyclic amines) is 1. The van der Waals surface area contributed by atoms with Crippen molar-refractivity contribution in [3.05, 3.63) is 30.1 Å². The highest BCUT2D eigenvalue weighted by Crippen LogP contribution is 2.21. The lowest BCUT2D eigenvalue weighted by molar-refractivity contribution is -0.148. The van der Waals surface area contributed by atoms with Crippen LogP contribution in [0, 0.1) is 0 Å². The first-order valence-corrected chi connectivity index (χ1v) is 7.84. The number of sulfonamides is 1. The van der Waals surface area contributed by atoms with Crippen LogP contribution in [0.5, 0.6) is 0 Å². The van der Waals surface area contributed by atoms with Crippen molar-refractivity contribution in [2.24, 2.45) is 5.14 Å². The van der Waals surface area contributed by atoms with Crippen LogP contribution in [0.25, 0.3) is 0 Å². The number of rotatable bonds is 5. The summed E-state index contributed by atoms with van der Waals surface area (Å²) < 4.78 is 22.6. The number of aromatic nitrogens is 1. The van der Waals surface area contributed by atoms with Crippen LogP contribution in [0.4, 0.5) is 0 Å². The molecule has 9 heteroatoms. The van der Waals surface area contributed by atoms with E-state index in [-0.39, 0.29) is 19.4 Å². The first-order chi connectivity index (χ1) is 9.79. The number of nitrogens with two attached hydrogens (primary N) is 1. The van der Waals surface area contributed by atoms with Crippen LogP contribution in [0.3, 0.4) is 0 Å². The summed E-state index contributed by atoms with van der Waals surface area (Å²) in [7, 11) is -3.87. The molecule has 1 aromatic rings. The van der Waals surface area contributed by atoms with Crippen LogP contribution in [0.1, 0.15) is 12.1 Å². The summed E-state index contributed by atoms with van der Waals surface area (Å²) in [6.07, 6.45) is 1.25. The van der Waals surface area contributed by atoms with E-state index in [2.05, 4.69) is 4.98 Å². The van der Waals surface area contributed by atoms with Gasteiger partial charge in [-0.15, -0.1) is 0 Å². The Kier molecular flexibility index (Phi) is 4.24. The van der Waals surface area contributed by atoms with Crippen molar-refractivity contribution < 1.29 is 23.1 Å². The molecule has 1 fully saturated rings. The Labute approximate surface area is 121 Å². The van der Waals surface area contributed by atoms with Crippen LogP contribution in [-0.2, 0) is 26.0 Å². The van der Waals surface area contributed by atoms with E-state index in [1.165, 1.54) is 6.20 Å². The number of carbonyl (C=O) groups is 2. The van der Waals surface area contributed by atoms with Gasteiger partial charge in [-0.2, -0.15) is 0 Å². The quantitative estimate of drug-likeness (QED) is 0.714. The third kappa shape index (κ3) is 3.56. The molecule has 2 heterocycles. The van der Waals surface area contributed by atoms with Gasteiger partial charge in [-0.05, 0) is 12.1 Å². The minimum absolute atomic E-state index is 0.0131. The molecular weight excluding hydrogens is 298 g/mol. The SMILES string of the molecule is NS(=O)(=O)C1CC(=O)N([C@@H](Cc2ccccn2)C(=O)O)C1. The molecule has 1 aromatic heterocycles. The highest BCUT2D eigenvalue weighted by molar-refractivity contribution is 7.89. The average Bonchev–Trinajstić information content (AvgIpc) is 2.79. The van der Waals surface area contributed by atoms with E-state index in [4.69, 9.17) is 5.14 Å². The molecule has 8 nitrogen and oxygen atoms in total. The molecule has 0 saturated carbocycles. The maximum absolute atomic E-state index is 11.9. The first-order valence-electron chi connectivity index (χ1n) is 6.23. The second kappa shape index (κ2) is 5.78. The van der Waals surface area contributed by atoms with Gasteiger partial charge >= 0.3 is 5.97 Å². The van der Waals surface area contributed by atoms with Crippen molar-refractivity contribution >= 4 is 21.9 Å². The molecule has 21 heavy (non-hydrogen) atoms. The number of amides is 1. The molecule has 0 aromatic carbocycles. The molecule has 0 bridgehead atoms. The number of carboxylic acid groups (broad SMARTS) is 1. The lowest BCUT2D eigenvalue weighted by atomic mass is 10.1. The molecule has 0 aliphatic carbocycles. The van der Waals surface area contributed by atoms with Crippen LogP contribution in [0.15, 0.2) is 24.4 Å². The van der Waals surface area contributed by atoms with E-state index >= 15 is 0 Å². The minimum atomic E-state index is -3.87. The zero-order valence-corrected chi connectivity index (χ0v) is 11.9. The van der Waals surface area contributed by atoms with Gasteiger partial charge in [0.25, 0.3) is 0 Å². The monoisotopic (exact) mass is 313 g/mol. The molecule has 1 amide bonds. The summed E-state index contributed by atoms with van der Waals surface area (Å²) >= 11 is 0. The zero-order chi connectivity index (χ0) is 15.6. The van der Waals surface area contributed by atoms with Crippen LogP contribution >= 0.6 is 0 Å². The number of aliphatic carboxylic acids is 1. The summed E-state index contributed by atoms with van der Waals surface area (Å²) in [6, 6.07) is 3.89. The Morgan fingerprint density at radius 2 is 2.24 bits per heavy atom. The van der Waals surface area contributed by atoms with Gasteiger partial charge in [0.1, 0.15) is 11.3 Å². The van der Waals surface area contributed by atoms with Crippen molar-refractivity contribution in [2.45, 2.75) is 24.1 Å². The molecule has 1 unspecified atom stereocenters. The molecule has 0 spiro atoms. The highest BCUT2D eigenvalue weighted by atomic mass is 32.2. The number of nitrogens with zero attached hydrogens (tertiary/aromatic N) is 2. The fourth-order valence-electron chi connectivity index (χ4n) is 2.27. The van der Waals surface area contributed by atoms with E-state index < -0.39 is 33.2 Å². The fraction of sp³-hybridized carbons (Fsp3) is 0.417. The van der Waals surface area contributed by atoms with Gasteiger partial charge in [-0.3, -0.25) is 9.78 Å². The van der Waals surface area contributed by atoms with E-state index in [9.17, 15) is 23.1 Å². The highest BCUT2D eigenvalue weighted by Gasteiger charge is 2.42. The molecule has 1 aliphatic heterocycles. The zero-order valence-electron chi connectivity index (χ0n) is 11.0. The molecule has 2 rings (SSSR count). The number of carbonyl (C=O) groups excluding carboxylic acids is 1. The van der Waals surface area contributed by atoms with Crippen molar-refractivity contribution in [2.75, 3.05) is 6.54 Å². The second-order valence-corrected chi connectivity index (χ2v) is 6.69. The minimum Gasteiger partial charge on any atom is -0.480 e. The summed E-state index contributed by atoms with van der Waals surface area (Å²) in [5.74, 6) is -1.73. The van der Waals surface area contributed by atoms with Crippen molar-refractivity contribution in [3.8, 4) is 0 Å². The topological polar surface area (TPSA) is 131 Å². The molecular formula is C12H15N3O5S. The van der Waals surface area contributed by atoms with Gasteiger partial charge in [0, 0.05) is 31.3 Å². The Morgan fingerprint density at radius 3 is 2.71 bits per heavy atom. The maximum Gasteiger partial charge on any atom is 0.326 e. The molecule has 1 saturated heterocycles. The van der Waals surface area contributed by atoms with E-state index in [0.717, 1.165) is 4.90 Å². The Morgan fingerprint density at radius 1 is 1.52 bits per heavy atom. The summed E-state index contributed by atoms with van der Waals surface area (Å²) in [4.78, 5) is 28.3. The standard InChI is InChI=1S/C12H15N3O5S/c13-21(19,20)9-6-11(16)15(7-9)10(12(17)18)5-8-3-1-2-4-14-8/h1-4,9-10H,5-7H2,(H,17,18)(H2,13,19,20)/t9?,10-/m0/s1. The smallest absolute Gasteiger partial charge is 0.326 e. The second-order valence-electron chi connectivity index (χ2n) is 4.84. The maximum atomic E-state index is 11.9. The third-order valence-electron chi connectivity index (χ3n) is 3.38. The predicted molar refractivity (Wildman–Crippen MR) is 72.6 cm³/mol. The van der Waals surface area contributed by atoms with Crippen LogP contribution in [-0.4, -0.2) is 53.1 Å². The normalized spacial score (nSPS) is 20.5. The van der Waals surface area contributed by atoms with Crippen molar-refractivity contribution in [1.82, 2.24) is 9.88 Å². The first kappa shape index (κ1) is 15.4. The molecule has 114 valence electrons. The summed E-state index contributed by atoms with van der Waals surface area (Å²) in [6.45, 7) is -0.207. The lowest BCUT2D eigenvalue weighted by Crippen LogP contribution is -2.44. The molecule has 2 atom stereocenters. The lowest BCUT2D eigenvalue weighted by Gasteiger charge is -2.24. The van der Waals surface area contributed by atoms with Gasteiger partial charge in [-0.1, -0.05) is 6.07 Å². The number of hydrogen-bond acceptors (Lipinski definition) is 5. The summed E-state index contributed by atoms with van der Waals surface area (Å²) in [5.41, 5.74) is 0.511. The van der Waals surface area contributed by atoms with Crippen molar-refractivity contribution in [3.63, 3.8) is 0 Å². The van der Waals surface area contributed by atoms with Gasteiger partial charge in [0.05, 0.1) is 0 Å². The largest absolute Gasteiger partial charge is 0.480 e. The number of carboxylic acids is 1. The van der Waals surface area contributed by atoms with Gasteiger partial charge in [-0.25, -0.2) is 18.4 Å². The summed E-state index contributed by atoms with van der Waals surface area (Å²) in [5, 5.41) is 13.3. The Hall–Kier alpha value is -2.00. The van der Waals surface area contributed by atoms with Crippen LogP contribution in [0.2, 0.25) is 0 Å². The van der Waals surface area contributed by atoms with Gasteiger partial charge in [0.2, 0.25) is 15.9 Å². The van der Waals surface area contributed by atoms with E-state index in [1.54, 1.807) is 18.2 Å². The number of pyridine rings is 1. The number of hydrogen-bond donors (Lipinski definition) is 2. The van der Waals surface area contributed by atoms with Gasteiger partial charge in [0.15, 0.2) is 0 Å². The molecule has 0 radical (unpaired) electrons. The Balaban J connectivity index is 2.20. The molecule has 3 N–H and O–H groups in total. The van der Waals surface area contributed by atoms with Crippen molar-refractivity contribution in [1.29, 1.82) is 0 Å². The van der Waals surface area contributed by atoms with E-state index in [0.29, 0.717) is 5.69 Å². The molecule has 1 aliphatic rings. The predicted octanol–water partition coefficient (Wildman–Crippen LogP) is -1.03. The third-order valence-corrected chi connectivity index (χ3v) is 4.62. The van der Waals surface area contributed by atoms with Crippen LogP contribution < -0.4 is 5.14 Å². The fourth-order valence-corrected chi connectivity index (χ4v) is 3.01. The number of primary sulfonamides is 1. The van der Waals surface area contributed by atoms with E-state index in [1.807, 2.05) is 0 Å². The van der Waals surface area contributed by atoms with Gasteiger partial charge < -0.3 is 10.0 Å².